The number of anilines is 3. The van der Waals surface area contributed by atoms with Crippen LogP contribution in [-0.4, -0.2) is 37.8 Å². The summed E-state index contributed by atoms with van der Waals surface area (Å²) in [5, 5.41) is 3.24. The van der Waals surface area contributed by atoms with E-state index >= 15 is 0 Å². The Morgan fingerprint density at radius 1 is 1.07 bits per heavy atom. The molecule has 0 saturated heterocycles. The minimum absolute atomic E-state index is 0.0523. The highest BCUT2D eigenvalue weighted by atomic mass is 32.2. The predicted molar refractivity (Wildman–Crippen MR) is 114 cm³/mol. The molecule has 1 fully saturated rings. The first-order valence-corrected chi connectivity index (χ1v) is 11.1. The summed E-state index contributed by atoms with van der Waals surface area (Å²) in [4.78, 5) is 8.64. The summed E-state index contributed by atoms with van der Waals surface area (Å²) in [7, 11) is -1.71. The number of ether oxygens (including phenoxy) is 1. The van der Waals surface area contributed by atoms with Crippen LogP contribution >= 0.6 is 0 Å². The molecule has 0 bridgehead atoms. The van der Waals surface area contributed by atoms with Gasteiger partial charge in [0.25, 0.3) is 0 Å². The molecule has 8 heteroatoms. The van der Waals surface area contributed by atoms with Crippen LogP contribution in [0.4, 0.5) is 17.2 Å². The maximum Gasteiger partial charge on any atom is 0.232 e. The summed E-state index contributed by atoms with van der Waals surface area (Å²) in [6.07, 6.45) is 4.51. The SMILES string of the molecule is COc1ccccc1-c1cc(Nc2cccc(N(C3CC3)S(C)(=O)=O)c2)ncn1. The van der Waals surface area contributed by atoms with Crippen LogP contribution in [0.25, 0.3) is 11.3 Å². The van der Waals surface area contributed by atoms with Crippen LogP contribution in [0.15, 0.2) is 60.9 Å². The molecule has 1 aliphatic rings. The van der Waals surface area contributed by atoms with Gasteiger partial charge in [0, 0.05) is 23.4 Å². The van der Waals surface area contributed by atoms with Crippen molar-refractivity contribution in [3.63, 3.8) is 0 Å². The Kier molecular flexibility index (Phi) is 5.10. The van der Waals surface area contributed by atoms with Gasteiger partial charge in [0.2, 0.25) is 10.0 Å². The van der Waals surface area contributed by atoms with Crippen molar-refractivity contribution < 1.29 is 13.2 Å². The van der Waals surface area contributed by atoms with Crippen molar-refractivity contribution in [2.45, 2.75) is 18.9 Å². The molecule has 0 atom stereocenters. The Balaban J connectivity index is 1.62. The topological polar surface area (TPSA) is 84.4 Å². The number of nitrogens with zero attached hydrogens (tertiary/aromatic N) is 3. The maximum atomic E-state index is 12.2. The summed E-state index contributed by atoms with van der Waals surface area (Å²) in [5.74, 6) is 1.34. The van der Waals surface area contributed by atoms with Crippen LogP contribution in [0.2, 0.25) is 0 Å². The normalized spacial score (nSPS) is 13.7. The van der Waals surface area contributed by atoms with Gasteiger partial charge in [0.05, 0.1) is 24.7 Å². The number of hydrogen-bond acceptors (Lipinski definition) is 6. The summed E-state index contributed by atoms with van der Waals surface area (Å²) < 4.78 is 31.4. The van der Waals surface area contributed by atoms with Crippen molar-refractivity contribution in [3.05, 3.63) is 60.9 Å². The summed E-state index contributed by atoms with van der Waals surface area (Å²) in [6.45, 7) is 0. The fraction of sp³-hybridized carbons (Fsp3) is 0.238. The lowest BCUT2D eigenvalue weighted by Gasteiger charge is -2.22. The van der Waals surface area contributed by atoms with E-state index in [0.717, 1.165) is 35.5 Å². The van der Waals surface area contributed by atoms with E-state index in [-0.39, 0.29) is 6.04 Å². The molecule has 3 aromatic rings. The Hall–Kier alpha value is -3.13. The van der Waals surface area contributed by atoms with Gasteiger partial charge in [-0.05, 0) is 43.2 Å². The minimum atomic E-state index is -3.33. The molecule has 4 rings (SSSR count). The molecule has 7 nitrogen and oxygen atoms in total. The Morgan fingerprint density at radius 3 is 2.59 bits per heavy atom. The third kappa shape index (κ3) is 4.32. The number of hydrogen-bond donors (Lipinski definition) is 1. The van der Waals surface area contributed by atoms with E-state index in [9.17, 15) is 8.42 Å². The Labute approximate surface area is 170 Å². The molecule has 0 amide bonds. The molecule has 2 aromatic carbocycles. The minimum Gasteiger partial charge on any atom is -0.496 e. The van der Waals surface area contributed by atoms with Crippen LogP contribution in [0.3, 0.4) is 0 Å². The molecule has 150 valence electrons. The molecule has 1 aromatic heterocycles. The van der Waals surface area contributed by atoms with Gasteiger partial charge in [-0.2, -0.15) is 0 Å². The summed E-state index contributed by atoms with van der Waals surface area (Å²) >= 11 is 0. The highest BCUT2D eigenvalue weighted by Crippen LogP contribution is 2.35. The van der Waals surface area contributed by atoms with Crippen molar-refractivity contribution in [3.8, 4) is 17.0 Å². The first kappa shape index (κ1) is 19.2. The smallest absolute Gasteiger partial charge is 0.232 e. The molecule has 0 spiro atoms. The van der Waals surface area contributed by atoms with Crippen molar-refractivity contribution in [1.29, 1.82) is 0 Å². The zero-order valence-corrected chi connectivity index (χ0v) is 17.1. The van der Waals surface area contributed by atoms with Gasteiger partial charge >= 0.3 is 0 Å². The number of benzene rings is 2. The van der Waals surface area contributed by atoms with Gasteiger partial charge < -0.3 is 10.1 Å². The van der Waals surface area contributed by atoms with Gasteiger partial charge in [0.1, 0.15) is 17.9 Å². The van der Waals surface area contributed by atoms with E-state index in [1.54, 1.807) is 7.11 Å². The third-order valence-electron chi connectivity index (χ3n) is 4.66. The van der Waals surface area contributed by atoms with Gasteiger partial charge in [-0.15, -0.1) is 0 Å². The van der Waals surface area contributed by atoms with E-state index < -0.39 is 10.0 Å². The number of sulfonamides is 1. The van der Waals surface area contributed by atoms with E-state index in [0.29, 0.717) is 11.5 Å². The molecule has 0 unspecified atom stereocenters. The van der Waals surface area contributed by atoms with E-state index in [4.69, 9.17) is 4.74 Å². The zero-order valence-electron chi connectivity index (χ0n) is 16.2. The monoisotopic (exact) mass is 410 g/mol. The maximum absolute atomic E-state index is 12.2. The van der Waals surface area contributed by atoms with Crippen LogP contribution in [-0.2, 0) is 10.0 Å². The number of aromatic nitrogens is 2. The van der Waals surface area contributed by atoms with Crippen molar-refractivity contribution in [2.24, 2.45) is 0 Å². The van der Waals surface area contributed by atoms with Crippen LogP contribution in [0, 0.1) is 0 Å². The molecular formula is C21H22N4O3S. The van der Waals surface area contributed by atoms with Gasteiger partial charge in [-0.25, -0.2) is 18.4 Å². The molecule has 0 aliphatic heterocycles. The first-order chi connectivity index (χ1) is 14.0. The summed E-state index contributed by atoms with van der Waals surface area (Å²) in [5.41, 5.74) is 3.00. The average Bonchev–Trinajstić information content (AvgIpc) is 3.52. The third-order valence-corrected chi connectivity index (χ3v) is 5.88. The van der Waals surface area contributed by atoms with E-state index in [2.05, 4.69) is 15.3 Å². The highest BCUT2D eigenvalue weighted by molar-refractivity contribution is 7.92. The van der Waals surface area contributed by atoms with Gasteiger partial charge in [-0.1, -0.05) is 18.2 Å². The second-order valence-corrected chi connectivity index (χ2v) is 8.81. The first-order valence-electron chi connectivity index (χ1n) is 9.27. The highest BCUT2D eigenvalue weighted by Gasteiger charge is 2.35. The molecule has 29 heavy (non-hydrogen) atoms. The van der Waals surface area contributed by atoms with Crippen LogP contribution in [0.1, 0.15) is 12.8 Å². The Morgan fingerprint density at radius 2 is 1.86 bits per heavy atom. The summed E-state index contributed by atoms with van der Waals surface area (Å²) in [6, 6.07) is 16.9. The molecule has 1 heterocycles. The largest absolute Gasteiger partial charge is 0.496 e. The standard InChI is InChI=1S/C21H22N4O3S/c1-28-20-9-4-3-8-18(20)19-13-21(23-14-22-19)24-15-6-5-7-17(12-15)25(16-10-11-16)29(2,26)27/h3-9,12-14,16H,10-11H2,1-2H3,(H,22,23,24). The zero-order chi connectivity index (χ0) is 20.4. The molecule has 1 N–H and O–H groups in total. The number of methoxy groups -OCH3 is 1. The number of rotatable bonds is 7. The molecule has 0 radical (unpaired) electrons. The van der Waals surface area contributed by atoms with Crippen molar-refractivity contribution in [2.75, 3.05) is 23.0 Å². The lowest BCUT2D eigenvalue weighted by molar-refractivity contribution is 0.416. The number of para-hydroxylation sites is 1. The molecule has 1 aliphatic carbocycles. The Bertz CT molecular complexity index is 1130. The van der Waals surface area contributed by atoms with Crippen molar-refractivity contribution in [1.82, 2.24) is 9.97 Å². The van der Waals surface area contributed by atoms with E-state index in [1.165, 1.54) is 16.9 Å². The van der Waals surface area contributed by atoms with Gasteiger partial charge in [0.15, 0.2) is 0 Å². The fourth-order valence-electron chi connectivity index (χ4n) is 3.28. The predicted octanol–water partition coefficient (Wildman–Crippen LogP) is 3.82. The lowest BCUT2D eigenvalue weighted by atomic mass is 10.1. The lowest BCUT2D eigenvalue weighted by Crippen LogP contribution is -2.31. The quantitative estimate of drug-likeness (QED) is 0.637. The number of nitrogens with one attached hydrogen (secondary N) is 1. The molecular weight excluding hydrogens is 388 g/mol. The second-order valence-electron chi connectivity index (χ2n) is 6.95. The van der Waals surface area contributed by atoms with E-state index in [1.807, 2.05) is 54.6 Å². The fourth-order valence-corrected chi connectivity index (χ4v) is 4.53. The molecule has 1 saturated carbocycles. The van der Waals surface area contributed by atoms with Crippen molar-refractivity contribution >= 4 is 27.2 Å². The van der Waals surface area contributed by atoms with Crippen LogP contribution in [0.5, 0.6) is 5.75 Å². The average molecular weight is 410 g/mol. The van der Waals surface area contributed by atoms with Crippen LogP contribution < -0.4 is 14.4 Å². The second kappa shape index (κ2) is 7.71. The van der Waals surface area contributed by atoms with Gasteiger partial charge in [-0.3, -0.25) is 4.31 Å².